The number of halogens is 6. The van der Waals surface area contributed by atoms with Gasteiger partial charge in [0.25, 0.3) is 5.91 Å². The molecule has 0 bridgehead atoms. The van der Waals surface area contributed by atoms with E-state index in [0.29, 0.717) is 16.7 Å². The molecule has 1 heterocycles. The minimum absolute atomic E-state index is 0.0556. The van der Waals surface area contributed by atoms with Crippen LogP contribution in [0.3, 0.4) is 0 Å². The summed E-state index contributed by atoms with van der Waals surface area (Å²) in [6.07, 6.45) is -4.02. The van der Waals surface area contributed by atoms with Crippen LogP contribution in [0, 0.1) is 11.6 Å². The zero-order valence-corrected chi connectivity index (χ0v) is 14.9. The Kier molecular flexibility index (Phi) is 5.12. The number of rotatable bonds is 3. The highest BCUT2D eigenvalue weighted by atomic mass is 35.5. The molecule has 0 saturated carbocycles. The number of aryl methyl sites for hydroxylation is 1. The third kappa shape index (κ3) is 3.99. The molecule has 0 aliphatic heterocycles. The lowest BCUT2D eigenvalue weighted by molar-refractivity contribution is -0.141. The van der Waals surface area contributed by atoms with E-state index in [9.17, 15) is 26.7 Å². The van der Waals surface area contributed by atoms with Crippen LogP contribution in [0.25, 0.3) is 11.1 Å². The first kappa shape index (κ1) is 19.8. The van der Waals surface area contributed by atoms with Crippen LogP contribution in [0.4, 0.5) is 27.6 Å². The Bertz CT molecular complexity index is 1040. The van der Waals surface area contributed by atoms with Gasteiger partial charge in [-0.3, -0.25) is 9.48 Å². The Labute approximate surface area is 160 Å². The van der Waals surface area contributed by atoms with Gasteiger partial charge in [-0.25, -0.2) is 8.78 Å². The third-order valence-corrected chi connectivity index (χ3v) is 4.04. The van der Waals surface area contributed by atoms with Gasteiger partial charge in [0.15, 0.2) is 5.69 Å². The smallest absolute Gasteiger partial charge is 0.319 e. The van der Waals surface area contributed by atoms with Gasteiger partial charge in [-0.2, -0.15) is 18.3 Å². The Morgan fingerprint density at radius 1 is 1.14 bits per heavy atom. The summed E-state index contributed by atoms with van der Waals surface area (Å²) in [6, 6.07) is 7.32. The zero-order chi connectivity index (χ0) is 20.6. The van der Waals surface area contributed by atoms with Crippen LogP contribution in [0.1, 0.15) is 16.1 Å². The van der Waals surface area contributed by atoms with Gasteiger partial charge >= 0.3 is 6.18 Å². The molecule has 0 aliphatic rings. The third-order valence-electron chi connectivity index (χ3n) is 3.79. The van der Waals surface area contributed by atoms with Crippen molar-refractivity contribution in [3.05, 3.63) is 70.5 Å². The number of nitrogens with one attached hydrogen (secondary N) is 1. The summed E-state index contributed by atoms with van der Waals surface area (Å²) in [6.45, 7) is 0. The average Bonchev–Trinajstić information content (AvgIpc) is 3.00. The van der Waals surface area contributed by atoms with Crippen molar-refractivity contribution in [1.29, 1.82) is 0 Å². The van der Waals surface area contributed by atoms with E-state index in [1.165, 1.54) is 31.3 Å². The molecule has 3 aromatic rings. The molecular formula is C18H11ClF5N3O. The van der Waals surface area contributed by atoms with Crippen molar-refractivity contribution in [2.24, 2.45) is 7.05 Å². The fourth-order valence-electron chi connectivity index (χ4n) is 2.60. The van der Waals surface area contributed by atoms with E-state index in [4.69, 9.17) is 11.6 Å². The van der Waals surface area contributed by atoms with E-state index in [0.717, 1.165) is 16.9 Å². The number of carbonyl (C=O) groups is 1. The van der Waals surface area contributed by atoms with Gasteiger partial charge < -0.3 is 5.32 Å². The minimum Gasteiger partial charge on any atom is -0.319 e. The average molecular weight is 416 g/mol. The fraction of sp³-hybridized carbons (Fsp3) is 0.111. The Hall–Kier alpha value is -2.94. The van der Waals surface area contributed by atoms with Crippen molar-refractivity contribution >= 4 is 23.2 Å². The van der Waals surface area contributed by atoms with Crippen LogP contribution in [0.5, 0.6) is 0 Å². The van der Waals surface area contributed by atoms with Gasteiger partial charge in [0.2, 0.25) is 0 Å². The topological polar surface area (TPSA) is 46.9 Å². The minimum atomic E-state index is -4.88. The summed E-state index contributed by atoms with van der Waals surface area (Å²) in [4.78, 5) is 12.4. The van der Waals surface area contributed by atoms with E-state index < -0.39 is 40.7 Å². The number of carbonyl (C=O) groups excluding carboxylic acids is 1. The lowest BCUT2D eigenvalue weighted by atomic mass is 10.0. The first-order valence-corrected chi connectivity index (χ1v) is 8.11. The van der Waals surface area contributed by atoms with Crippen LogP contribution < -0.4 is 5.32 Å². The van der Waals surface area contributed by atoms with Gasteiger partial charge in [0.1, 0.15) is 11.6 Å². The maximum absolute atomic E-state index is 14.4. The molecule has 0 radical (unpaired) electrons. The highest BCUT2D eigenvalue weighted by molar-refractivity contribution is 6.30. The Balaban J connectivity index is 2.06. The van der Waals surface area contributed by atoms with Crippen LogP contribution >= 0.6 is 11.6 Å². The number of hydrogen-bond acceptors (Lipinski definition) is 2. The maximum Gasteiger partial charge on any atom is 0.435 e. The second kappa shape index (κ2) is 7.23. The molecule has 0 spiro atoms. The lowest BCUT2D eigenvalue weighted by Gasteiger charge is -2.13. The summed E-state index contributed by atoms with van der Waals surface area (Å²) in [5.41, 5.74) is -2.42. The lowest BCUT2D eigenvalue weighted by Crippen LogP contribution is -2.19. The van der Waals surface area contributed by atoms with Crippen LogP contribution in [-0.2, 0) is 13.2 Å². The van der Waals surface area contributed by atoms with E-state index in [-0.39, 0.29) is 5.56 Å². The van der Waals surface area contributed by atoms with E-state index in [2.05, 4.69) is 10.4 Å². The number of alkyl halides is 3. The molecule has 2 aromatic carbocycles. The molecule has 4 nitrogen and oxygen atoms in total. The van der Waals surface area contributed by atoms with Gasteiger partial charge in [-0.1, -0.05) is 23.7 Å². The Morgan fingerprint density at radius 3 is 2.39 bits per heavy atom. The molecule has 1 aromatic heterocycles. The molecule has 0 saturated heterocycles. The first-order chi connectivity index (χ1) is 13.1. The van der Waals surface area contributed by atoms with Crippen molar-refractivity contribution in [3.63, 3.8) is 0 Å². The number of nitrogens with zero attached hydrogens (tertiary/aromatic N) is 2. The number of amides is 1. The van der Waals surface area contributed by atoms with E-state index in [1.807, 2.05) is 0 Å². The standard InChI is InChI=1S/C18H11ClF5N3O/c1-27-8-13(16(26-27)18(22,23)24)17(28)25-15-12(6-11(20)7-14(15)21)9-2-4-10(19)5-3-9/h2-8H,1H3,(H,25,28). The number of anilines is 1. The monoisotopic (exact) mass is 415 g/mol. The van der Waals surface area contributed by atoms with Crippen molar-refractivity contribution in [2.75, 3.05) is 5.32 Å². The molecule has 0 fully saturated rings. The van der Waals surface area contributed by atoms with E-state index in [1.54, 1.807) is 0 Å². The summed E-state index contributed by atoms with van der Waals surface area (Å²) >= 11 is 5.79. The maximum atomic E-state index is 14.4. The van der Waals surface area contributed by atoms with Crippen molar-refractivity contribution < 1.29 is 26.7 Å². The van der Waals surface area contributed by atoms with Crippen LogP contribution in [0.15, 0.2) is 42.6 Å². The first-order valence-electron chi connectivity index (χ1n) is 7.73. The van der Waals surface area contributed by atoms with Crippen LogP contribution in [0.2, 0.25) is 5.02 Å². The van der Waals surface area contributed by atoms with Crippen molar-refractivity contribution in [1.82, 2.24) is 9.78 Å². The largest absolute Gasteiger partial charge is 0.435 e. The van der Waals surface area contributed by atoms with Gasteiger partial charge in [0.05, 0.1) is 11.3 Å². The van der Waals surface area contributed by atoms with Gasteiger partial charge in [0, 0.05) is 29.9 Å². The molecule has 0 atom stereocenters. The molecular weight excluding hydrogens is 405 g/mol. The Morgan fingerprint density at radius 2 is 1.79 bits per heavy atom. The highest BCUT2D eigenvalue weighted by Gasteiger charge is 2.39. The molecule has 1 N–H and O–H groups in total. The SMILES string of the molecule is Cn1cc(C(=O)Nc2c(F)cc(F)cc2-c2ccc(Cl)cc2)c(C(F)(F)F)n1. The molecule has 10 heteroatoms. The quantitative estimate of drug-likeness (QED) is 0.591. The fourth-order valence-corrected chi connectivity index (χ4v) is 2.73. The summed E-state index contributed by atoms with van der Waals surface area (Å²) in [7, 11) is 1.21. The highest BCUT2D eigenvalue weighted by Crippen LogP contribution is 2.34. The summed E-state index contributed by atoms with van der Waals surface area (Å²) in [5.74, 6) is -3.30. The van der Waals surface area contributed by atoms with E-state index >= 15 is 0 Å². The van der Waals surface area contributed by atoms with Gasteiger partial charge in [-0.15, -0.1) is 0 Å². The number of hydrogen-bond donors (Lipinski definition) is 1. The zero-order valence-electron chi connectivity index (χ0n) is 14.1. The van der Waals surface area contributed by atoms with Crippen molar-refractivity contribution in [2.45, 2.75) is 6.18 Å². The predicted molar refractivity (Wildman–Crippen MR) is 93.0 cm³/mol. The molecule has 3 rings (SSSR count). The second-order valence-electron chi connectivity index (χ2n) is 5.83. The molecule has 0 aliphatic carbocycles. The molecule has 146 valence electrons. The van der Waals surface area contributed by atoms with Gasteiger partial charge in [-0.05, 0) is 23.8 Å². The predicted octanol–water partition coefficient (Wildman–Crippen LogP) is 5.29. The number of aromatic nitrogens is 2. The summed E-state index contributed by atoms with van der Waals surface area (Å²) in [5, 5.41) is 5.70. The molecule has 1 amide bonds. The molecule has 28 heavy (non-hydrogen) atoms. The number of benzene rings is 2. The van der Waals surface area contributed by atoms with Crippen LogP contribution in [-0.4, -0.2) is 15.7 Å². The normalized spacial score (nSPS) is 11.5. The van der Waals surface area contributed by atoms with Crippen molar-refractivity contribution in [3.8, 4) is 11.1 Å². The summed E-state index contributed by atoms with van der Waals surface area (Å²) < 4.78 is 68.2. The second-order valence-corrected chi connectivity index (χ2v) is 6.27. The molecule has 0 unspecified atom stereocenters.